The standard InChI is InChI=1S/C24H25F3N8O4/c1-12(28)20-19(22(36)35-9-7-34(8-10-35)11-17-30-23(37)33-32-17)31-21(39-20)14-3-5-15(38-2)18-13(14)4-6-16(29-18)24(25,26)27/h3-6,12H,7-11,28H2,1-2H3,(H2,30,32,33,37)/t12-/m0/s1. The van der Waals surface area contributed by atoms with Crippen LogP contribution in [0.5, 0.6) is 5.75 Å². The number of pyridine rings is 1. The maximum Gasteiger partial charge on any atom is 0.433 e. The highest BCUT2D eigenvalue weighted by atomic mass is 19.4. The summed E-state index contributed by atoms with van der Waals surface area (Å²) in [5.74, 6) is 0.465. The second kappa shape index (κ2) is 10.1. The highest BCUT2D eigenvalue weighted by Crippen LogP contribution is 2.37. The SMILES string of the molecule is COc1ccc(-c2nc(C(=O)N3CCN(Cc4n[nH]c(=O)[nH]4)CC3)c([C@H](C)N)o2)c2ccc(C(F)(F)F)nc12. The third-order valence-corrected chi connectivity index (χ3v) is 6.41. The lowest BCUT2D eigenvalue weighted by Crippen LogP contribution is -2.48. The molecule has 0 spiro atoms. The van der Waals surface area contributed by atoms with Gasteiger partial charge in [0.2, 0.25) is 5.89 Å². The highest BCUT2D eigenvalue weighted by Gasteiger charge is 2.34. The largest absolute Gasteiger partial charge is 0.494 e. The first kappa shape index (κ1) is 26.4. The highest BCUT2D eigenvalue weighted by molar-refractivity contribution is 5.98. The molecule has 0 radical (unpaired) electrons. The van der Waals surface area contributed by atoms with Crippen LogP contribution in [0.2, 0.25) is 0 Å². The molecule has 1 fully saturated rings. The number of nitrogens with zero attached hydrogens (tertiary/aromatic N) is 5. The number of benzene rings is 1. The first-order valence-electron chi connectivity index (χ1n) is 12.0. The summed E-state index contributed by atoms with van der Waals surface area (Å²) in [7, 11) is 1.33. The Morgan fingerprint density at radius 1 is 1.18 bits per heavy atom. The Labute approximate surface area is 219 Å². The molecule has 1 aromatic carbocycles. The summed E-state index contributed by atoms with van der Waals surface area (Å²) >= 11 is 0. The van der Waals surface area contributed by atoms with Crippen LogP contribution in [0.15, 0.2) is 33.5 Å². The molecule has 3 aromatic heterocycles. The topological polar surface area (TPSA) is 159 Å². The van der Waals surface area contributed by atoms with Gasteiger partial charge in [0.15, 0.2) is 11.5 Å². The summed E-state index contributed by atoms with van der Waals surface area (Å²) in [4.78, 5) is 39.2. The van der Waals surface area contributed by atoms with Gasteiger partial charge in [0, 0.05) is 37.1 Å². The number of H-pyrrole nitrogens is 2. The zero-order valence-corrected chi connectivity index (χ0v) is 21.0. The number of oxazole rings is 1. The number of methoxy groups -OCH3 is 1. The second-order valence-electron chi connectivity index (χ2n) is 9.12. The molecule has 39 heavy (non-hydrogen) atoms. The van der Waals surface area contributed by atoms with Crippen LogP contribution in [0.3, 0.4) is 0 Å². The minimum absolute atomic E-state index is 0.0207. The Morgan fingerprint density at radius 3 is 2.54 bits per heavy atom. The summed E-state index contributed by atoms with van der Waals surface area (Å²) in [6.45, 7) is 3.93. The minimum atomic E-state index is -4.64. The molecule has 0 unspecified atom stereocenters. The van der Waals surface area contributed by atoms with Crippen molar-refractivity contribution in [3.05, 3.63) is 57.7 Å². The van der Waals surface area contributed by atoms with Crippen LogP contribution < -0.4 is 16.2 Å². The van der Waals surface area contributed by atoms with Gasteiger partial charge in [-0.05, 0) is 31.2 Å². The summed E-state index contributed by atoms with van der Waals surface area (Å²) in [5.41, 5.74) is 5.00. The lowest BCUT2D eigenvalue weighted by atomic mass is 10.1. The normalized spacial score (nSPS) is 15.6. The van der Waals surface area contributed by atoms with Gasteiger partial charge in [0.1, 0.15) is 22.8 Å². The van der Waals surface area contributed by atoms with Crippen molar-refractivity contribution in [2.75, 3.05) is 33.3 Å². The van der Waals surface area contributed by atoms with E-state index in [0.717, 1.165) is 6.07 Å². The predicted molar refractivity (Wildman–Crippen MR) is 132 cm³/mol. The van der Waals surface area contributed by atoms with Gasteiger partial charge in [-0.3, -0.25) is 14.7 Å². The van der Waals surface area contributed by atoms with Crippen LogP contribution in [-0.2, 0) is 12.7 Å². The van der Waals surface area contributed by atoms with Gasteiger partial charge >= 0.3 is 11.9 Å². The number of nitrogens with two attached hydrogens (primary N) is 1. The number of piperazine rings is 1. The molecule has 1 saturated heterocycles. The zero-order valence-electron chi connectivity index (χ0n) is 21.0. The molecular weight excluding hydrogens is 521 g/mol. The molecule has 4 N–H and O–H groups in total. The maximum atomic E-state index is 13.5. The van der Waals surface area contributed by atoms with Gasteiger partial charge in [-0.1, -0.05) is 0 Å². The van der Waals surface area contributed by atoms with Gasteiger partial charge in [-0.25, -0.2) is 19.9 Å². The van der Waals surface area contributed by atoms with Crippen LogP contribution in [0.25, 0.3) is 22.4 Å². The quantitative estimate of drug-likeness (QED) is 0.330. The molecule has 0 bridgehead atoms. The van der Waals surface area contributed by atoms with Gasteiger partial charge < -0.3 is 19.8 Å². The third kappa shape index (κ3) is 5.22. The summed E-state index contributed by atoms with van der Waals surface area (Å²) in [5, 5.41) is 6.54. The van der Waals surface area contributed by atoms with E-state index in [9.17, 15) is 22.8 Å². The van der Waals surface area contributed by atoms with E-state index >= 15 is 0 Å². The summed E-state index contributed by atoms with van der Waals surface area (Å²) in [6, 6.07) is 4.51. The van der Waals surface area contributed by atoms with Crippen molar-refractivity contribution in [2.45, 2.75) is 25.7 Å². The van der Waals surface area contributed by atoms with Crippen molar-refractivity contribution in [1.29, 1.82) is 0 Å². The third-order valence-electron chi connectivity index (χ3n) is 6.41. The zero-order chi connectivity index (χ0) is 27.9. The number of fused-ring (bicyclic) bond motifs is 1. The molecule has 4 heterocycles. The van der Waals surface area contributed by atoms with Crippen molar-refractivity contribution < 1.29 is 27.1 Å². The van der Waals surface area contributed by atoms with Crippen molar-refractivity contribution in [3.8, 4) is 17.2 Å². The number of hydrogen-bond acceptors (Lipinski definition) is 9. The molecule has 1 atom stereocenters. The molecule has 1 amide bonds. The van der Waals surface area contributed by atoms with E-state index < -0.39 is 17.9 Å². The first-order chi connectivity index (χ1) is 18.5. The van der Waals surface area contributed by atoms with E-state index in [4.69, 9.17) is 14.9 Å². The average molecular weight is 547 g/mol. The monoisotopic (exact) mass is 546 g/mol. The van der Waals surface area contributed by atoms with Crippen molar-refractivity contribution in [2.24, 2.45) is 5.73 Å². The van der Waals surface area contributed by atoms with Crippen LogP contribution in [0, 0.1) is 0 Å². The van der Waals surface area contributed by atoms with Crippen LogP contribution in [0.1, 0.15) is 40.7 Å². The summed E-state index contributed by atoms with van der Waals surface area (Å²) in [6.07, 6.45) is -4.64. The van der Waals surface area contributed by atoms with Gasteiger partial charge in [-0.2, -0.15) is 18.3 Å². The molecule has 0 aliphatic carbocycles. The lowest BCUT2D eigenvalue weighted by Gasteiger charge is -2.33. The van der Waals surface area contributed by atoms with E-state index in [-0.39, 0.29) is 40.2 Å². The number of halogens is 3. The number of carbonyl (C=O) groups is 1. The van der Waals surface area contributed by atoms with Gasteiger partial charge in [0.25, 0.3) is 5.91 Å². The molecule has 1 aliphatic rings. The molecular formula is C24H25F3N8O4. The average Bonchev–Trinajstić information content (AvgIpc) is 3.53. The van der Waals surface area contributed by atoms with E-state index in [1.54, 1.807) is 17.9 Å². The number of ether oxygens (including phenoxy) is 1. The van der Waals surface area contributed by atoms with Crippen LogP contribution in [-0.4, -0.2) is 74.1 Å². The van der Waals surface area contributed by atoms with Crippen molar-refractivity contribution >= 4 is 16.8 Å². The van der Waals surface area contributed by atoms with E-state index in [1.807, 2.05) is 4.90 Å². The Morgan fingerprint density at radius 2 is 1.92 bits per heavy atom. The first-order valence-corrected chi connectivity index (χ1v) is 12.0. The lowest BCUT2D eigenvalue weighted by molar-refractivity contribution is -0.140. The Bertz CT molecular complexity index is 1570. The number of hydrogen-bond donors (Lipinski definition) is 3. The molecule has 0 saturated carbocycles. The maximum absolute atomic E-state index is 13.5. The number of nitrogens with one attached hydrogen (secondary N) is 2. The molecule has 4 aromatic rings. The minimum Gasteiger partial charge on any atom is -0.494 e. The number of rotatable bonds is 6. The van der Waals surface area contributed by atoms with Crippen molar-refractivity contribution in [3.63, 3.8) is 0 Å². The molecule has 5 rings (SSSR count). The van der Waals surface area contributed by atoms with E-state index in [0.29, 0.717) is 49.5 Å². The smallest absolute Gasteiger partial charge is 0.433 e. The number of carbonyl (C=O) groups excluding carboxylic acids is 1. The van der Waals surface area contributed by atoms with Crippen LogP contribution in [0.4, 0.5) is 13.2 Å². The fourth-order valence-electron chi connectivity index (χ4n) is 4.46. The number of aromatic amines is 2. The van der Waals surface area contributed by atoms with Crippen molar-refractivity contribution in [1.82, 2.24) is 34.9 Å². The molecule has 1 aliphatic heterocycles. The number of amides is 1. The Kier molecular flexibility index (Phi) is 6.86. The van der Waals surface area contributed by atoms with Crippen LogP contribution >= 0.6 is 0 Å². The Hall–Kier alpha value is -4.24. The number of aromatic nitrogens is 5. The predicted octanol–water partition coefficient (Wildman–Crippen LogP) is 2.31. The van der Waals surface area contributed by atoms with E-state index in [2.05, 4.69) is 25.1 Å². The molecule has 15 heteroatoms. The molecule has 12 nitrogen and oxygen atoms in total. The number of alkyl halides is 3. The fourth-order valence-corrected chi connectivity index (χ4v) is 4.46. The molecule has 206 valence electrons. The second-order valence-corrected chi connectivity index (χ2v) is 9.12. The fraction of sp³-hybridized carbons (Fsp3) is 0.375. The Balaban J connectivity index is 1.43. The van der Waals surface area contributed by atoms with Gasteiger partial charge in [0.05, 0.1) is 19.7 Å². The van der Waals surface area contributed by atoms with Gasteiger partial charge in [-0.15, -0.1) is 0 Å². The van der Waals surface area contributed by atoms with E-state index in [1.165, 1.54) is 19.2 Å². The summed E-state index contributed by atoms with van der Waals surface area (Å²) < 4.78 is 51.1.